The standard InChI is InChI=1S/C28H29Cl2N3O6S/c1-3-40(36,37)33(22-11-12-25-26(15-22)39-18-38-25)17-27(34)32(16-20-9-10-21(29)14-23(20)30)24(28(35)31-2)13-19-7-5-4-6-8-19/h4-12,14-15,24H,3,13,16-18H2,1-2H3,(H,31,35). The molecule has 0 fully saturated rings. The van der Waals surface area contributed by atoms with E-state index in [-0.39, 0.29) is 31.2 Å². The van der Waals surface area contributed by atoms with Crippen LogP contribution in [-0.2, 0) is 32.6 Å². The number of amides is 2. The fourth-order valence-electron chi connectivity index (χ4n) is 4.31. The number of ether oxygens (including phenoxy) is 2. The molecule has 1 aliphatic rings. The van der Waals surface area contributed by atoms with Gasteiger partial charge in [0.25, 0.3) is 0 Å². The highest BCUT2D eigenvalue weighted by molar-refractivity contribution is 7.92. The molecule has 9 nitrogen and oxygen atoms in total. The lowest BCUT2D eigenvalue weighted by Crippen LogP contribution is -2.53. The number of carbonyl (C=O) groups excluding carboxylic acids is 2. The zero-order valence-corrected chi connectivity index (χ0v) is 24.3. The van der Waals surface area contributed by atoms with Crippen molar-refractivity contribution in [1.29, 1.82) is 0 Å². The van der Waals surface area contributed by atoms with Crippen LogP contribution >= 0.6 is 23.2 Å². The third kappa shape index (κ3) is 6.80. The SMILES string of the molecule is CCS(=O)(=O)N(CC(=O)N(Cc1ccc(Cl)cc1Cl)C(Cc1ccccc1)C(=O)NC)c1ccc2c(c1)OCO2. The summed E-state index contributed by atoms with van der Waals surface area (Å²) in [4.78, 5) is 28.6. The van der Waals surface area contributed by atoms with Crippen LogP contribution in [0.15, 0.2) is 66.7 Å². The largest absolute Gasteiger partial charge is 0.454 e. The number of hydrogen-bond donors (Lipinski definition) is 1. The molecule has 0 saturated heterocycles. The van der Waals surface area contributed by atoms with Gasteiger partial charge >= 0.3 is 0 Å². The molecule has 2 amide bonds. The van der Waals surface area contributed by atoms with Gasteiger partial charge in [0, 0.05) is 36.1 Å². The summed E-state index contributed by atoms with van der Waals surface area (Å²) in [5.41, 5.74) is 1.61. The summed E-state index contributed by atoms with van der Waals surface area (Å²) in [7, 11) is -2.43. The number of anilines is 1. The number of nitrogens with one attached hydrogen (secondary N) is 1. The molecule has 1 N–H and O–H groups in total. The van der Waals surface area contributed by atoms with Gasteiger partial charge in [0.05, 0.1) is 11.4 Å². The van der Waals surface area contributed by atoms with Crippen LogP contribution in [0.25, 0.3) is 0 Å². The van der Waals surface area contributed by atoms with Crippen LogP contribution in [0, 0.1) is 0 Å². The minimum absolute atomic E-state index is 0.0150. The molecule has 4 rings (SSSR count). The Balaban J connectivity index is 1.74. The Morgan fingerprint density at radius 3 is 2.40 bits per heavy atom. The summed E-state index contributed by atoms with van der Waals surface area (Å²) in [6.45, 7) is 0.902. The number of benzene rings is 3. The molecule has 1 heterocycles. The van der Waals surface area contributed by atoms with Gasteiger partial charge in [-0.25, -0.2) is 8.42 Å². The molecule has 0 radical (unpaired) electrons. The lowest BCUT2D eigenvalue weighted by molar-refractivity contribution is -0.139. The smallest absolute Gasteiger partial charge is 0.244 e. The van der Waals surface area contributed by atoms with Crippen LogP contribution in [0.5, 0.6) is 11.5 Å². The fourth-order valence-corrected chi connectivity index (χ4v) is 5.84. The normalized spacial score (nSPS) is 13.0. The van der Waals surface area contributed by atoms with Gasteiger partial charge in [0.1, 0.15) is 12.6 Å². The maximum Gasteiger partial charge on any atom is 0.244 e. The molecule has 1 unspecified atom stereocenters. The van der Waals surface area contributed by atoms with Crippen molar-refractivity contribution in [2.24, 2.45) is 0 Å². The first-order valence-electron chi connectivity index (χ1n) is 12.5. The van der Waals surface area contributed by atoms with Gasteiger partial charge in [-0.3, -0.25) is 13.9 Å². The first-order chi connectivity index (χ1) is 19.1. The average molecular weight is 607 g/mol. The molecule has 1 atom stereocenters. The van der Waals surface area contributed by atoms with E-state index >= 15 is 0 Å². The topological polar surface area (TPSA) is 105 Å². The van der Waals surface area contributed by atoms with Crippen molar-refractivity contribution in [3.05, 3.63) is 87.9 Å². The molecule has 1 aliphatic heterocycles. The van der Waals surface area contributed by atoms with E-state index in [1.807, 2.05) is 30.3 Å². The maximum atomic E-state index is 14.1. The monoisotopic (exact) mass is 605 g/mol. The second kappa shape index (κ2) is 12.8. The van der Waals surface area contributed by atoms with Crippen molar-refractivity contribution < 1.29 is 27.5 Å². The molecule has 40 heavy (non-hydrogen) atoms. The Labute approximate surface area is 243 Å². The number of rotatable bonds is 11. The number of hydrogen-bond acceptors (Lipinski definition) is 6. The summed E-state index contributed by atoms with van der Waals surface area (Å²) in [5.74, 6) is -0.398. The Bertz CT molecular complexity index is 1490. The molecule has 0 bridgehead atoms. The minimum Gasteiger partial charge on any atom is -0.454 e. The first kappa shape index (κ1) is 29.5. The predicted octanol–water partition coefficient (Wildman–Crippen LogP) is 4.26. The summed E-state index contributed by atoms with van der Waals surface area (Å²) >= 11 is 12.5. The Kier molecular flexibility index (Phi) is 9.44. The van der Waals surface area contributed by atoms with Crippen molar-refractivity contribution in [2.75, 3.05) is 30.4 Å². The minimum atomic E-state index is -3.91. The van der Waals surface area contributed by atoms with Crippen LogP contribution < -0.4 is 19.1 Å². The number of halogens is 2. The van der Waals surface area contributed by atoms with Crippen molar-refractivity contribution in [2.45, 2.75) is 25.9 Å². The quantitative estimate of drug-likeness (QED) is 0.350. The number of sulfonamides is 1. The van der Waals surface area contributed by atoms with Gasteiger partial charge < -0.3 is 19.7 Å². The van der Waals surface area contributed by atoms with Crippen LogP contribution in [0.1, 0.15) is 18.1 Å². The van der Waals surface area contributed by atoms with Gasteiger partial charge in [-0.1, -0.05) is 59.6 Å². The van der Waals surface area contributed by atoms with Crippen molar-refractivity contribution in [1.82, 2.24) is 10.2 Å². The third-order valence-electron chi connectivity index (χ3n) is 6.50. The van der Waals surface area contributed by atoms with Crippen molar-refractivity contribution in [3.8, 4) is 11.5 Å². The maximum absolute atomic E-state index is 14.1. The lowest BCUT2D eigenvalue weighted by atomic mass is 10.0. The fraction of sp³-hybridized carbons (Fsp3) is 0.286. The number of carbonyl (C=O) groups is 2. The van der Waals surface area contributed by atoms with Gasteiger partial charge in [-0.2, -0.15) is 0 Å². The van der Waals surface area contributed by atoms with Gasteiger partial charge in [0.2, 0.25) is 28.6 Å². The summed E-state index contributed by atoms with van der Waals surface area (Å²) in [6.07, 6.45) is 0.196. The highest BCUT2D eigenvalue weighted by Gasteiger charge is 2.34. The molecule has 0 aromatic heterocycles. The Morgan fingerprint density at radius 1 is 1.00 bits per heavy atom. The zero-order chi connectivity index (χ0) is 28.9. The van der Waals surface area contributed by atoms with Crippen LogP contribution in [0.3, 0.4) is 0 Å². The molecule has 12 heteroatoms. The molecule has 0 saturated carbocycles. The molecule has 3 aromatic carbocycles. The van der Waals surface area contributed by atoms with E-state index in [0.717, 1.165) is 9.87 Å². The zero-order valence-electron chi connectivity index (χ0n) is 22.0. The van der Waals surface area contributed by atoms with E-state index in [4.69, 9.17) is 32.7 Å². The van der Waals surface area contributed by atoms with Crippen LogP contribution in [-0.4, -0.2) is 57.3 Å². The Hall–Kier alpha value is -3.47. The number of fused-ring (bicyclic) bond motifs is 1. The molecule has 212 valence electrons. The number of nitrogens with zero attached hydrogens (tertiary/aromatic N) is 2. The lowest BCUT2D eigenvalue weighted by Gasteiger charge is -2.33. The highest BCUT2D eigenvalue weighted by atomic mass is 35.5. The average Bonchev–Trinajstić information content (AvgIpc) is 3.42. The summed E-state index contributed by atoms with van der Waals surface area (Å²) in [5, 5.41) is 3.37. The van der Waals surface area contributed by atoms with E-state index in [1.54, 1.807) is 30.3 Å². The summed E-state index contributed by atoms with van der Waals surface area (Å²) in [6, 6.07) is 17.8. The molecular formula is C28H29Cl2N3O6S. The van der Waals surface area contributed by atoms with E-state index < -0.39 is 34.4 Å². The van der Waals surface area contributed by atoms with Gasteiger partial charge in [-0.15, -0.1) is 0 Å². The Morgan fingerprint density at radius 2 is 1.73 bits per heavy atom. The van der Waals surface area contributed by atoms with Crippen molar-refractivity contribution >= 4 is 50.7 Å². The summed E-state index contributed by atoms with van der Waals surface area (Å²) < 4.78 is 38.2. The van der Waals surface area contributed by atoms with Gasteiger partial charge in [-0.05, 0) is 42.3 Å². The second-order valence-corrected chi connectivity index (χ2v) is 12.0. The van der Waals surface area contributed by atoms with E-state index in [2.05, 4.69) is 5.32 Å². The third-order valence-corrected chi connectivity index (χ3v) is 8.82. The van der Waals surface area contributed by atoms with E-state index in [0.29, 0.717) is 27.1 Å². The van der Waals surface area contributed by atoms with E-state index in [9.17, 15) is 18.0 Å². The number of likely N-dealkylation sites (N-methyl/N-ethyl adjacent to an activating group) is 1. The van der Waals surface area contributed by atoms with Crippen molar-refractivity contribution in [3.63, 3.8) is 0 Å². The van der Waals surface area contributed by atoms with E-state index in [1.165, 1.54) is 24.9 Å². The molecular weight excluding hydrogens is 577 g/mol. The highest BCUT2D eigenvalue weighted by Crippen LogP contribution is 2.36. The van der Waals surface area contributed by atoms with Crippen LogP contribution in [0.4, 0.5) is 5.69 Å². The first-order valence-corrected chi connectivity index (χ1v) is 14.9. The molecule has 0 spiro atoms. The molecule has 0 aliphatic carbocycles. The molecule has 3 aromatic rings. The predicted molar refractivity (Wildman–Crippen MR) is 154 cm³/mol. The second-order valence-electron chi connectivity index (χ2n) is 9.02. The van der Waals surface area contributed by atoms with Gasteiger partial charge in [0.15, 0.2) is 11.5 Å². The van der Waals surface area contributed by atoms with Crippen LogP contribution in [0.2, 0.25) is 10.0 Å².